The lowest BCUT2D eigenvalue weighted by atomic mass is 9.90. The fourth-order valence-electron chi connectivity index (χ4n) is 3.48. The highest BCUT2D eigenvalue weighted by molar-refractivity contribution is 5.46. The molecule has 1 atom stereocenters. The second kappa shape index (κ2) is 5.88. The molecule has 0 radical (unpaired) electrons. The maximum atomic E-state index is 3.65. The van der Waals surface area contributed by atoms with Crippen LogP contribution in [0.3, 0.4) is 0 Å². The van der Waals surface area contributed by atoms with Crippen molar-refractivity contribution in [2.45, 2.75) is 40.0 Å². The summed E-state index contributed by atoms with van der Waals surface area (Å²) < 4.78 is 0. The van der Waals surface area contributed by atoms with E-state index in [1.54, 1.807) is 0 Å². The van der Waals surface area contributed by atoms with Crippen LogP contribution >= 0.6 is 0 Å². The number of aromatic amines is 2. The van der Waals surface area contributed by atoms with E-state index >= 15 is 0 Å². The van der Waals surface area contributed by atoms with Crippen molar-refractivity contribution in [2.75, 3.05) is 0 Å². The van der Waals surface area contributed by atoms with Crippen molar-refractivity contribution < 1.29 is 0 Å². The van der Waals surface area contributed by atoms with Crippen LogP contribution in [0, 0.1) is 20.8 Å². The molecule has 0 aliphatic rings. The van der Waals surface area contributed by atoms with E-state index in [1.807, 2.05) is 0 Å². The van der Waals surface area contributed by atoms with Crippen molar-refractivity contribution in [2.24, 2.45) is 0 Å². The fraction of sp³-hybridized carbons (Fsp3) is 0.300. The molecule has 3 aromatic rings. The van der Waals surface area contributed by atoms with Gasteiger partial charge in [-0.15, -0.1) is 0 Å². The fourth-order valence-corrected chi connectivity index (χ4v) is 3.48. The third kappa shape index (κ3) is 2.50. The van der Waals surface area contributed by atoms with Crippen LogP contribution in [-0.2, 0) is 6.42 Å². The van der Waals surface area contributed by atoms with Crippen molar-refractivity contribution in [1.82, 2.24) is 9.97 Å². The van der Waals surface area contributed by atoms with Crippen LogP contribution in [0.1, 0.15) is 52.3 Å². The quantitative estimate of drug-likeness (QED) is 0.677. The Balaban J connectivity index is 2.18. The molecule has 22 heavy (non-hydrogen) atoms. The zero-order chi connectivity index (χ0) is 15.7. The van der Waals surface area contributed by atoms with Crippen LogP contribution in [0.2, 0.25) is 0 Å². The summed E-state index contributed by atoms with van der Waals surface area (Å²) in [5.74, 6) is 0.230. The van der Waals surface area contributed by atoms with E-state index in [9.17, 15) is 0 Å². The van der Waals surface area contributed by atoms with Crippen molar-refractivity contribution in [3.05, 3.63) is 81.9 Å². The van der Waals surface area contributed by atoms with Crippen molar-refractivity contribution in [3.8, 4) is 0 Å². The van der Waals surface area contributed by atoms with Gasteiger partial charge in [0.2, 0.25) is 0 Å². The predicted molar refractivity (Wildman–Crippen MR) is 92.6 cm³/mol. The first-order valence-corrected chi connectivity index (χ1v) is 8.00. The van der Waals surface area contributed by atoms with Crippen LogP contribution < -0.4 is 0 Å². The standard InChI is InChI=1S/C20H24N2/c1-5-17-14(3)20(22-15(17)4)19(16-9-7-6-8-10-16)18-12-11-13(2)21-18/h6-12,19,21-22H,5H2,1-4H3. The summed E-state index contributed by atoms with van der Waals surface area (Å²) in [7, 11) is 0. The van der Waals surface area contributed by atoms with Crippen LogP contribution in [0.15, 0.2) is 42.5 Å². The molecule has 2 aromatic heterocycles. The van der Waals surface area contributed by atoms with Crippen molar-refractivity contribution in [3.63, 3.8) is 0 Å². The number of aryl methyl sites for hydroxylation is 2. The summed E-state index contributed by atoms with van der Waals surface area (Å²) in [4.78, 5) is 7.18. The number of H-pyrrole nitrogens is 2. The van der Waals surface area contributed by atoms with Gasteiger partial charge in [-0.2, -0.15) is 0 Å². The molecule has 0 amide bonds. The highest BCUT2D eigenvalue weighted by Crippen LogP contribution is 2.34. The minimum atomic E-state index is 0.230. The van der Waals surface area contributed by atoms with E-state index in [4.69, 9.17) is 0 Å². The molecule has 0 fully saturated rings. The van der Waals surface area contributed by atoms with Gasteiger partial charge < -0.3 is 9.97 Å². The molecule has 0 saturated heterocycles. The van der Waals surface area contributed by atoms with Gasteiger partial charge in [0.1, 0.15) is 0 Å². The number of hydrogen-bond acceptors (Lipinski definition) is 0. The minimum absolute atomic E-state index is 0.230. The van der Waals surface area contributed by atoms with Gasteiger partial charge >= 0.3 is 0 Å². The summed E-state index contributed by atoms with van der Waals surface area (Å²) in [6, 6.07) is 15.1. The molecule has 3 rings (SSSR count). The van der Waals surface area contributed by atoms with E-state index in [-0.39, 0.29) is 5.92 Å². The number of nitrogens with one attached hydrogen (secondary N) is 2. The number of hydrogen-bond donors (Lipinski definition) is 2. The molecule has 0 bridgehead atoms. The van der Waals surface area contributed by atoms with Gasteiger partial charge in [0, 0.05) is 22.8 Å². The number of rotatable bonds is 4. The highest BCUT2D eigenvalue weighted by atomic mass is 14.8. The summed E-state index contributed by atoms with van der Waals surface area (Å²) >= 11 is 0. The second-order valence-corrected chi connectivity index (χ2v) is 6.06. The lowest BCUT2D eigenvalue weighted by molar-refractivity contribution is 0.878. The van der Waals surface area contributed by atoms with E-state index in [0.717, 1.165) is 6.42 Å². The summed E-state index contributed by atoms with van der Waals surface area (Å²) in [6.45, 7) is 8.75. The normalized spacial score (nSPS) is 12.5. The van der Waals surface area contributed by atoms with Gasteiger partial charge in [0.05, 0.1) is 5.92 Å². The third-order valence-corrected chi connectivity index (χ3v) is 4.57. The Morgan fingerprint density at radius 3 is 2.18 bits per heavy atom. The van der Waals surface area contributed by atoms with Crippen molar-refractivity contribution in [1.29, 1.82) is 0 Å². The largest absolute Gasteiger partial charge is 0.362 e. The molecular formula is C20H24N2. The lowest BCUT2D eigenvalue weighted by Gasteiger charge is -2.17. The Bertz CT molecular complexity index is 762. The highest BCUT2D eigenvalue weighted by Gasteiger charge is 2.23. The molecule has 0 saturated carbocycles. The maximum Gasteiger partial charge on any atom is 0.0644 e. The van der Waals surface area contributed by atoms with E-state index in [2.05, 4.69) is 80.1 Å². The van der Waals surface area contributed by atoms with E-state index in [0.29, 0.717) is 0 Å². The maximum absolute atomic E-state index is 3.65. The van der Waals surface area contributed by atoms with Crippen molar-refractivity contribution >= 4 is 0 Å². The van der Waals surface area contributed by atoms with Gasteiger partial charge in [0.25, 0.3) is 0 Å². The van der Waals surface area contributed by atoms with Gasteiger partial charge in [-0.1, -0.05) is 37.3 Å². The first-order chi connectivity index (χ1) is 10.6. The smallest absolute Gasteiger partial charge is 0.0644 e. The van der Waals surface area contributed by atoms with Gasteiger partial charge in [0.15, 0.2) is 0 Å². The molecule has 0 aliphatic heterocycles. The monoisotopic (exact) mass is 292 g/mol. The Morgan fingerprint density at radius 2 is 1.64 bits per heavy atom. The molecule has 2 nitrogen and oxygen atoms in total. The van der Waals surface area contributed by atoms with Gasteiger partial charge in [-0.3, -0.25) is 0 Å². The molecular weight excluding hydrogens is 268 g/mol. The summed E-state index contributed by atoms with van der Waals surface area (Å²) in [5.41, 5.74) is 9.20. The summed E-state index contributed by atoms with van der Waals surface area (Å²) in [5, 5.41) is 0. The zero-order valence-electron chi connectivity index (χ0n) is 13.8. The zero-order valence-corrected chi connectivity index (χ0v) is 13.8. The first kappa shape index (κ1) is 14.7. The first-order valence-electron chi connectivity index (χ1n) is 8.00. The van der Waals surface area contributed by atoms with E-state index in [1.165, 1.54) is 39.5 Å². The van der Waals surface area contributed by atoms with Gasteiger partial charge in [-0.25, -0.2) is 0 Å². The van der Waals surface area contributed by atoms with E-state index < -0.39 is 0 Å². The molecule has 0 aliphatic carbocycles. The molecule has 2 heteroatoms. The molecule has 1 unspecified atom stereocenters. The van der Waals surface area contributed by atoms with Gasteiger partial charge in [-0.05, 0) is 56.0 Å². The molecule has 1 aromatic carbocycles. The molecule has 2 heterocycles. The molecule has 114 valence electrons. The SMILES string of the molecule is CCc1c(C)[nH]c(C(c2ccccc2)c2ccc(C)[nH]2)c1C. The van der Waals surface area contributed by atoms with Crippen LogP contribution in [0.25, 0.3) is 0 Å². The Labute approximate surface area is 132 Å². The molecule has 2 N–H and O–H groups in total. The minimum Gasteiger partial charge on any atom is -0.362 e. The Hall–Kier alpha value is -2.22. The van der Waals surface area contributed by atoms with Crippen LogP contribution in [0.4, 0.5) is 0 Å². The lowest BCUT2D eigenvalue weighted by Crippen LogP contribution is -2.06. The Morgan fingerprint density at radius 1 is 0.909 bits per heavy atom. The average Bonchev–Trinajstić information content (AvgIpc) is 3.05. The second-order valence-electron chi connectivity index (χ2n) is 6.06. The summed E-state index contributed by atoms with van der Waals surface area (Å²) in [6.07, 6.45) is 1.07. The van der Waals surface area contributed by atoms with Crippen LogP contribution in [0.5, 0.6) is 0 Å². The average molecular weight is 292 g/mol. The molecule has 0 spiro atoms. The number of benzene rings is 1. The Kier molecular flexibility index (Phi) is 3.93. The number of aromatic nitrogens is 2. The topological polar surface area (TPSA) is 31.6 Å². The van der Waals surface area contributed by atoms with Crippen LogP contribution in [-0.4, -0.2) is 9.97 Å². The predicted octanol–water partition coefficient (Wildman–Crippen LogP) is 5.01. The third-order valence-electron chi connectivity index (χ3n) is 4.57.